The molecule has 2 fully saturated rings. The Bertz CT molecular complexity index is 896. The van der Waals surface area contributed by atoms with Gasteiger partial charge in [-0.2, -0.15) is 0 Å². The summed E-state index contributed by atoms with van der Waals surface area (Å²) in [6, 6.07) is 7.57. The van der Waals surface area contributed by atoms with Crippen LogP contribution in [0, 0.1) is 5.41 Å². The molecule has 4 rings (SSSR count). The summed E-state index contributed by atoms with van der Waals surface area (Å²) >= 11 is 1.35. The van der Waals surface area contributed by atoms with E-state index in [1.54, 1.807) is 19.0 Å². The van der Waals surface area contributed by atoms with Crippen molar-refractivity contribution in [3.8, 4) is 0 Å². The maximum atomic E-state index is 13.1. The smallest absolute Gasteiger partial charge is 0.264 e. The highest BCUT2D eigenvalue weighted by molar-refractivity contribution is 7.21. The monoisotopic (exact) mass is 357 g/mol. The van der Waals surface area contributed by atoms with Crippen molar-refractivity contribution in [3.05, 3.63) is 34.7 Å². The molecule has 7 heteroatoms. The maximum Gasteiger partial charge on any atom is 0.264 e. The highest BCUT2D eigenvalue weighted by Crippen LogP contribution is 2.40. The summed E-state index contributed by atoms with van der Waals surface area (Å²) in [6.45, 7) is 1.53. The molecule has 0 aliphatic carbocycles. The summed E-state index contributed by atoms with van der Waals surface area (Å²) in [5.41, 5.74) is 0.0419. The van der Waals surface area contributed by atoms with Gasteiger partial charge in [0.05, 0.1) is 11.0 Å². The fourth-order valence-electron chi connectivity index (χ4n) is 3.62. The molecular formula is C18H19N3O3S. The minimum absolute atomic E-state index is 0.0383. The van der Waals surface area contributed by atoms with Gasteiger partial charge in [-0.1, -0.05) is 18.2 Å². The van der Waals surface area contributed by atoms with E-state index in [-0.39, 0.29) is 17.7 Å². The number of hydrogen-bond donors (Lipinski definition) is 1. The Morgan fingerprint density at radius 1 is 1.24 bits per heavy atom. The molecule has 130 valence electrons. The first-order chi connectivity index (χ1) is 11.9. The third kappa shape index (κ3) is 2.33. The minimum atomic E-state index is -0.423. The van der Waals surface area contributed by atoms with E-state index in [1.165, 1.54) is 16.2 Å². The van der Waals surface area contributed by atoms with Crippen LogP contribution < -0.4 is 5.32 Å². The summed E-state index contributed by atoms with van der Waals surface area (Å²) < 4.78 is 0.921. The van der Waals surface area contributed by atoms with E-state index in [4.69, 9.17) is 0 Å². The van der Waals surface area contributed by atoms with Crippen LogP contribution in [0.5, 0.6) is 0 Å². The predicted octanol–water partition coefficient (Wildman–Crippen LogP) is 1.57. The molecule has 1 aromatic carbocycles. The van der Waals surface area contributed by atoms with Crippen LogP contribution in [0.2, 0.25) is 0 Å². The van der Waals surface area contributed by atoms with E-state index in [0.29, 0.717) is 30.1 Å². The highest BCUT2D eigenvalue weighted by atomic mass is 32.1. The topological polar surface area (TPSA) is 69.7 Å². The van der Waals surface area contributed by atoms with Crippen molar-refractivity contribution in [3.63, 3.8) is 0 Å². The molecule has 2 aliphatic rings. The molecule has 2 aliphatic heterocycles. The normalized spacial score (nSPS) is 18.3. The summed E-state index contributed by atoms with van der Waals surface area (Å²) in [5, 5.41) is 3.65. The molecule has 3 heterocycles. The van der Waals surface area contributed by atoms with Gasteiger partial charge in [0.2, 0.25) is 5.91 Å². The van der Waals surface area contributed by atoms with Crippen molar-refractivity contribution in [2.75, 3.05) is 33.7 Å². The van der Waals surface area contributed by atoms with Crippen molar-refractivity contribution < 1.29 is 14.4 Å². The Morgan fingerprint density at radius 3 is 2.60 bits per heavy atom. The minimum Gasteiger partial charge on any atom is -0.355 e. The molecule has 1 aromatic heterocycles. The van der Waals surface area contributed by atoms with E-state index in [0.717, 1.165) is 16.5 Å². The SMILES string of the molecule is CN(C)C(=O)c1sc2ccccc2c1C(=O)N1CC2(CCNC2=O)C1. The van der Waals surface area contributed by atoms with Crippen molar-refractivity contribution in [1.29, 1.82) is 0 Å². The largest absolute Gasteiger partial charge is 0.355 e. The summed E-state index contributed by atoms with van der Waals surface area (Å²) in [4.78, 5) is 41.3. The number of carbonyl (C=O) groups excluding carboxylic acids is 3. The van der Waals surface area contributed by atoms with Gasteiger partial charge in [-0.25, -0.2) is 0 Å². The number of amides is 3. The van der Waals surface area contributed by atoms with E-state index < -0.39 is 5.41 Å². The number of fused-ring (bicyclic) bond motifs is 1. The average molecular weight is 357 g/mol. The van der Waals surface area contributed by atoms with Gasteiger partial charge in [0.25, 0.3) is 11.8 Å². The number of benzene rings is 1. The number of likely N-dealkylation sites (tertiary alicyclic amines) is 1. The van der Waals surface area contributed by atoms with Gasteiger partial charge in [0, 0.05) is 43.8 Å². The van der Waals surface area contributed by atoms with Crippen LogP contribution in [0.4, 0.5) is 0 Å². The van der Waals surface area contributed by atoms with Crippen LogP contribution >= 0.6 is 11.3 Å². The van der Waals surface area contributed by atoms with E-state index in [9.17, 15) is 14.4 Å². The lowest BCUT2D eigenvalue weighted by atomic mass is 9.78. The van der Waals surface area contributed by atoms with Gasteiger partial charge < -0.3 is 15.1 Å². The number of rotatable bonds is 2. The zero-order valence-corrected chi connectivity index (χ0v) is 15.0. The van der Waals surface area contributed by atoms with Crippen LogP contribution in [-0.4, -0.2) is 61.3 Å². The van der Waals surface area contributed by atoms with Crippen molar-refractivity contribution in [2.24, 2.45) is 5.41 Å². The Hall–Kier alpha value is -2.41. The lowest BCUT2D eigenvalue weighted by Crippen LogP contribution is -2.61. The van der Waals surface area contributed by atoms with Crippen LogP contribution in [0.1, 0.15) is 26.5 Å². The van der Waals surface area contributed by atoms with Crippen molar-refractivity contribution >= 4 is 39.1 Å². The molecule has 0 saturated carbocycles. The predicted molar refractivity (Wildman–Crippen MR) is 95.8 cm³/mol. The molecule has 3 amide bonds. The van der Waals surface area contributed by atoms with Gasteiger partial charge in [0.1, 0.15) is 4.88 Å². The van der Waals surface area contributed by atoms with Crippen molar-refractivity contribution in [1.82, 2.24) is 15.1 Å². The fraction of sp³-hybridized carbons (Fsp3) is 0.389. The second-order valence-corrected chi connectivity index (χ2v) is 8.00. The van der Waals surface area contributed by atoms with Crippen LogP contribution in [0.25, 0.3) is 10.1 Å². The van der Waals surface area contributed by atoms with E-state index in [1.807, 2.05) is 24.3 Å². The zero-order valence-electron chi connectivity index (χ0n) is 14.2. The average Bonchev–Trinajstić information content (AvgIpc) is 3.12. The highest BCUT2D eigenvalue weighted by Gasteiger charge is 2.53. The molecule has 0 radical (unpaired) electrons. The van der Waals surface area contributed by atoms with Gasteiger partial charge in [-0.15, -0.1) is 11.3 Å². The Kier molecular flexibility index (Phi) is 3.57. The lowest BCUT2D eigenvalue weighted by Gasteiger charge is -2.45. The number of carbonyl (C=O) groups is 3. The third-order valence-corrected chi connectivity index (χ3v) is 6.21. The molecule has 2 saturated heterocycles. The van der Waals surface area contributed by atoms with Gasteiger partial charge in [-0.05, 0) is 12.5 Å². The van der Waals surface area contributed by atoms with Gasteiger partial charge in [-0.3, -0.25) is 14.4 Å². The van der Waals surface area contributed by atoms with Crippen LogP contribution in [-0.2, 0) is 4.79 Å². The third-order valence-electron chi connectivity index (χ3n) is 5.05. The summed E-state index contributed by atoms with van der Waals surface area (Å²) in [5.74, 6) is -0.289. The number of thiophene rings is 1. The molecule has 2 aromatic rings. The molecule has 0 atom stereocenters. The standard InChI is InChI=1S/C18H19N3O3S/c1-20(2)16(23)14-13(11-5-3-4-6-12(11)25-14)15(22)21-9-18(10-21)7-8-19-17(18)24/h3-6H,7-10H2,1-2H3,(H,19,24). The second-order valence-electron chi connectivity index (χ2n) is 6.95. The maximum absolute atomic E-state index is 13.1. The second kappa shape index (κ2) is 5.56. The molecule has 0 bridgehead atoms. The zero-order chi connectivity index (χ0) is 17.8. The molecule has 25 heavy (non-hydrogen) atoms. The van der Waals surface area contributed by atoms with E-state index >= 15 is 0 Å². The Balaban J connectivity index is 1.71. The van der Waals surface area contributed by atoms with Gasteiger partial charge >= 0.3 is 0 Å². The Morgan fingerprint density at radius 2 is 1.96 bits per heavy atom. The van der Waals surface area contributed by atoms with Crippen LogP contribution in [0.3, 0.4) is 0 Å². The lowest BCUT2D eigenvalue weighted by molar-refractivity contribution is -0.134. The number of nitrogens with zero attached hydrogens (tertiary/aromatic N) is 2. The fourth-order valence-corrected chi connectivity index (χ4v) is 4.83. The Labute approximate surface area is 149 Å². The first-order valence-electron chi connectivity index (χ1n) is 8.24. The first kappa shape index (κ1) is 16.1. The number of nitrogens with one attached hydrogen (secondary N) is 1. The number of hydrogen-bond acceptors (Lipinski definition) is 4. The summed E-state index contributed by atoms with van der Waals surface area (Å²) in [6.07, 6.45) is 0.767. The molecule has 1 spiro atoms. The van der Waals surface area contributed by atoms with Crippen LogP contribution in [0.15, 0.2) is 24.3 Å². The molecular weight excluding hydrogens is 338 g/mol. The van der Waals surface area contributed by atoms with Gasteiger partial charge in [0.15, 0.2) is 0 Å². The molecule has 6 nitrogen and oxygen atoms in total. The molecule has 0 unspecified atom stereocenters. The van der Waals surface area contributed by atoms with E-state index in [2.05, 4.69) is 5.32 Å². The van der Waals surface area contributed by atoms with Crippen molar-refractivity contribution in [2.45, 2.75) is 6.42 Å². The quantitative estimate of drug-likeness (QED) is 0.887. The first-order valence-corrected chi connectivity index (χ1v) is 9.05. The summed E-state index contributed by atoms with van der Waals surface area (Å²) in [7, 11) is 3.37. The molecule has 1 N–H and O–H groups in total.